The molecule has 3 amide bonds. The van der Waals surface area contributed by atoms with Gasteiger partial charge in [0, 0.05) is 26.4 Å². The lowest BCUT2D eigenvalue weighted by Crippen LogP contribution is -2.57. The number of hydrogen-bond acceptors (Lipinski definition) is 6. The standard InChI is InChI=1S/C24H34N4O4S/c1-14-20(33-13-26-14)17-8-6-16(7-9-17)11-25-22(31)19-10-18(30)12-28(19)23(32)21(24(3,4)5)27-15(2)29/h6,8-9,13,16,18-19,21,30H,7,10-12H2,1-5H3,(H,25,31)(H,27,29)/t16?,18-,19+,21-/m1/s1. The van der Waals surface area contributed by atoms with Crippen molar-refractivity contribution in [1.82, 2.24) is 20.5 Å². The zero-order valence-corrected chi connectivity index (χ0v) is 20.7. The number of amides is 3. The number of allylic oxidation sites excluding steroid dienone is 3. The fraction of sp³-hybridized carbons (Fsp3) is 0.583. The van der Waals surface area contributed by atoms with E-state index in [0.29, 0.717) is 6.54 Å². The monoisotopic (exact) mass is 474 g/mol. The number of aromatic nitrogens is 1. The van der Waals surface area contributed by atoms with Gasteiger partial charge in [0.15, 0.2) is 0 Å². The Bertz CT molecular complexity index is 962. The van der Waals surface area contributed by atoms with Crippen molar-refractivity contribution in [1.29, 1.82) is 0 Å². The molecule has 9 heteroatoms. The van der Waals surface area contributed by atoms with Crippen molar-refractivity contribution in [3.8, 4) is 0 Å². The number of aliphatic hydroxyl groups excluding tert-OH is 1. The SMILES string of the molecule is CC(=O)N[C@H](C(=O)N1C[C@H](O)C[C@H]1C(=O)NCC1C=CC(c2scnc2C)=CC1)C(C)(C)C. The van der Waals surface area contributed by atoms with Crippen molar-refractivity contribution >= 4 is 34.6 Å². The summed E-state index contributed by atoms with van der Waals surface area (Å²) in [5.74, 6) is -0.784. The molecule has 1 aromatic heterocycles. The number of aryl methyl sites for hydroxylation is 1. The molecule has 0 radical (unpaired) electrons. The Morgan fingerprint density at radius 1 is 1.33 bits per heavy atom. The topological polar surface area (TPSA) is 112 Å². The van der Waals surface area contributed by atoms with E-state index in [1.807, 2.05) is 33.2 Å². The van der Waals surface area contributed by atoms with Gasteiger partial charge in [-0.05, 0) is 30.3 Å². The third-order valence-corrected chi connectivity index (χ3v) is 7.04. The van der Waals surface area contributed by atoms with E-state index < -0.39 is 23.6 Å². The van der Waals surface area contributed by atoms with Crippen LogP contribution in [0.1, 0.15) is 51.1 Å². The van der Waals surface area contributed by atoms with Crippen LogP contribution in [-0.4, -0.2) is 64.0 Å². The van der Waals surface area contributed by atoms with Gasteiger partial charge in [0.05, 0.1) is 22.2 Å². The van der Waals surface area contributed by atoms with Gasteiger partial charge in [-0.1, -0.05) is 39.0 Å². The van der Waals surface area contributed by atoms with Crippen LogP contribution in [0.2, 0.25) is 0 Å². The van der Waals surface area contributed by atoms with E-state index in [-0.39, 0.29) is 36.6 Å². The maximum Gasteiger partial charge on any atom is 0.246 e. The van der Waals surface area contributed by atoms with Crippen LogP contribution in [0.4, 0.5) is 0 Å². The number of carbonyl (C=O) groups is 3. The third kappa shape index (κ3) is 6.09. The molecule has 3 N–H and O–H groups in total. The highest BCUT2D eigenvalue weighted by Crippen LogP contribution is 2.29. The number of carbonyl (C=O) groups excluding carboxylic acids is 3. The van der Waals surface area contributed by atoms with Crippen LogP contribution < -0.4 is 10.6 Å². The Morgan fingerprint density at radius 2 is 2.06 bits per heavy atom. The first kappa shape index (κ1) is 25.1. The molecule has 0 spiro atoms. The highest BCUT2D eigenvalue weighted by atomic mass is 32.1. The first-order valence-electron chi connectivity index (χ1n) is 11.3. The molecule has 4 atom stereocenters. The minimum Gasteiger partial charge on any atom is -0.391 e. The number of nitrogens with zero attached hydrogens (tertiary/aromatic N) is 2. The molecule has 1 aliphatic heterocycles. The minimum atomic E-state index is -0.782. The summed E-state index contributed by atoms with van der Waals surface area (Å²) in [6.07, 6.45) is 6.53. The Hall–Kier alpha value is -2.52. The van der Waals surface area contributed by atoms with Gasteiger partial charge >= 0.3 is 0 Å². The van der Waals surface area contributed by atoms with Crippen LogP contribution in [0, 0.1) is 18.3 Å². The molecule has 1 aliphatic carbocycles. The van der Waals surface area contributed by atoms with Crippen LogP contribution in [0.25, 0.3) is 5.57 Å². The maximum atomic E-state index is 13.3. The molecular weight excluding hydrogens is 440 g/mol. The molecule has 1 aromatic rings. The Labute approximate surface area is 199 Å². The average Bonchev–Trinajstić information content (AvgIpc) is 3.35. The number of β-amino-alcohol motifs (C(OH)–C–C–N with tert-alkyl or cyclic N) is 1. The summed E-state index contributed by atoms with van der Waals surface area (Å²) in [4.78, 5) is 44.8. The van der Waals surface area contributed by atoms with Gasteiger partial charge < -0.3 is 20.6 Å². The van der Waals surface area contributed by atoms with E-state index in [9.17, 15) is 19.5 Å². The summed E-state index contributed by atoms with van der Waals surface area (Å²) in [6.45, 7) is 9.46. The predicted octanol–water partition coefficient (Wildman–Crippen LogP) is 2.04. The molecule has 33 heavy (non-hydrogen) atoms. The van der Waals surface area contributed by atoms with Crippen molar-refractivity contribution < 1.29 is 19.5 Å². The Kier molecular flexibility index (Phi) is 7.74. The van der Waals surface area contributed by atoms with Crippen LogP contribution in [0.3, 0.4) is 0 Å². The van der Waals surface area contributed by atoms with Crippen molar-refractivity contribution in [2.75, 3.05) is 13.1 Å². The van der Waals surface area contributed by atoms with Gasteiger partial charge in [-0.2, -0.15) is 0 Å². The predicted molar refractivity (Wildman–Crippen MR) is 128 cm³/mol. The highest BCUT2D eigenvalue weighted by molar-refractivity contribution is 7.11. The normalized spacial score (nSPS) is 23.8. The lowest BCUT2D eigenvalue weighted by molar-refractivity contribution is -0.143. The van der Waals surface area contributed by atoms with Crippen LogP contribution in [-0.2, 0) is 14.4 Å². The second-order valence-corrected chi connectivity index (χ2v) is 10.8. The first-order chi connectivity index (χ1) is 15.5. The zero-order valence-electron chi connectivity index (χ0n) is 19.9. The van der Waals surface area contributed by atoms with Gasteiger partial charge in [-0.25, -0.2) is 4.98 Å². The number of likely N-dealkylation sites (tertiary alicyclic amines) is 1. The van der Waals surface area contributed by atoms with Gasteiger partial charge in [-0.15, -0.1) is 11.3 Å². The number of nitrogens with one attached hydrogen (secondary N) is 2. The second-order valence-electron chi connectivity index (χ2n) is 9.92. The molecule has 2 heterocycles. The largest absolute Gasteiger partial charge is 0.391 e. The Balaban J connectivity index is 1.61. The van der Waals surface area contributed by atoms with Crippen molar-refractivity contribution in [2.24, 2.45) is 11.3 Å². The number of aliphatic hydroxyl groups is 1. The minimum absolute atomic E-state index is 0.0761. The van der Waals surface area contributed by atoms with E-state index in [4.69, 9.17) is 0 Å². The molecule has 0 bridgehead atoms. The molecule has 8 nitrogen and oxygen atoms in total. The zero-order chi connectivity index (χ0) is 24.3. The second kappa shape index (κ2) is 10.2. The van der Waals surface area contributed by atoms with E-state index in [0.717, 1.165) is 22.6 Å². The van der Waals surface area contributed by atoms with Gasteiger partial charge in [-0.3, -0.25) is 14.4 Å². The summed E-state index contributed by atoms with van der Waals surface area (Å²) in [6, 6.07) is -1.54. The lowest BCUT2D eigenvalue weighted by Gasteiger charge is -2.35. The molecule has 2 aliphatic rings. The van der Waals surface area contributed by atoms with E-state index in [2.05, 4.69) is 33.8 Å². The van der Waals surface area contributed by atoms with Gasteiger partial charge in [0.2, 0.25) is 17.7 Å². The van der Waals surface area contributed by atoms with E-state index >= 15 is 0 Å². The van der Waals surface area contributed by atoms with E-state index in [1.54, 1.807) is 11.3 Å². The molecule has 1 unspecified atom stereocenters. The summed E-state index contributed by atoms with van der Waals surface area (Å²) in [5.41, 5.74) is 3.47. The quantitative estimate of drug-likeness (QED) is 0.584. The Morgan fingerprint density at radius 3 is 2.61 bits per heavy atom. The number of hydrogen-bond donors (Lipinski definition) is 3. The molecule has 1 saturated heterocycles. The van der Waals surface area contributed by atoms with Gasteiger partial charge in [0.1, 0.15) is 12.1 Å². The maximum absolute atomic E-state index is 13.3. The van der Waals surface area contributed by atoms with Crippen molar-refractivity contribution in [3.63, 3.8) is 0 Å². The first-order valence-corrected chi connectivity index (χ1v) is 12.2. The average molecular weight is 475 g/mol. The van der Waals surface area contributed by atoms with Gasteiger partial charge in [0.25, 0.3) is 0 Å². The number of rotatable bonds is 6. The van der Waals surface area contributed by atoms with E-state index in [1.165, 1.54) is 11.8 Å². The third-order valence-electron chi connectivity index (χ3n) is 6.06. The van der Waals surface area contributed by atoms with Crippen LogP contribution in [0.15, 0.2) is 23.7 Å². The molecule has 0 aromatic carbocycles. The molecular formula is C24H34N4O4S. The molecule has 3 rings (SSSR count). The molecule has 1 fully saturated rings. The van der Waals surface area contributed by atoms with Crippen molar-refractivity contribution in [3.05, 3.63) is 34.3 Å². The van der Waals surface area contributed by atoms with Crippen LogP contribution in [0.5, 0.6) is 0 Å². The molecule has 0 saturated carbocycles. The summed E-state index contributed by atoms with van der Waals surface area (Å²) >= 11 is 1.62. The summed E-state index contributed by atoms with van der Waals surface area (Å²) in [5, 5.41) is 15.9. The fourth-order valence-electron chi connectivity index (χ4n) is 4.24. The summed E-state index contributed by atoms with van der Waals surface area (Å²) < 4.78 is 0. The lowest BCUT2D eigenvalue weighted by atomic mass is 9.85. The van der Waals surface area contributed by atoms with Crippen LogP contribution >= 0.6 is 11.3 Å². The summed E-state index contributed by atoms with van der Waals surface area (Å²) in [7, 11) is 0. The highest BCUT2D eigenvalue weighted by Gasteiger charge is 2.44. The molecule has 180 valence electrons. The fourth-order valence-corrected chi connectivity index (χ4v) is 5.06. The number of thiazole rings is 1. The smallest absolute Gasteiger partial charge is 0.246 e. The van der Waals surface area contributed by atoms with Crippen molar-refractivity contribution in [2.45, 2.75) is 65.6 Å².